The lowest BCUT2D eigenvalue weighted by molar-refractivity contribution is -0.122. The molecular weight excluding hydrogens is 340 g/mol. The van der Waals surface area contributed by atoms with Gasteiger partial charge in [-0.25, -0.2) is 4.98 Å². The number of nitrogens with one attached hydrogen (secondary N) is 1. The minimum absolute atomic E-state index is 0.0635. The molecule has 0 bridgehead atoms. The number of fused-ring (bicyclic) bond motifs is 1. The Balaban J connectivity index is 1.32. The number of carbonyl (C=O) groups excluding carboxylic acids is 1. The van der Waals surface area contributed by atoms with Crippen molar-refractivity contribution in [3.8, 4) is 0 Å². The third-order valence-electron chi connectivity index (χ3n) is 5.81. The zero-order chi connectivity index (χ0) is 18.8. The predicted octanol–water partition coefficient (Wildman–Crippen LogP) is 2.12. The van der Waals surface area contributed by atoms with Crippen molar-refractivity contribution in [2.24, 2.45) is 5.92 Å². The number of para-hydroxylation sites is 2. The van der Waals surface area contributed by atoms with E-state index in [9.17, 15) is 9.90 Å². The van der Waals surface area contributed by atoms with E-state index in [0.717, 1.165) is 48.7 Å². The second-order valence-corrected chi connectivity index (χ2v) is 8.26. The van der Waals surface area contributed by atoms with Crippen LogP contribution in [0.25, 0.3) is 11.0 Å². The number of amides is 1. The molecular formula is C21H30N4O2. The number of imidazole rings is 1. The maximum absolute atomic E-state index is 12.5. The number of benzene rings is 1. The molecule has 0 radical (unpaired) electrons. The van der Waals surface area contributed by atoms with Gasteiger partial charge in [-0.05, 0) is 56.8 Å². The van der Waals surface area contributed by atoms with Crippen LogP contribution in [0.5, 0.6) is 0 Å². The second kappa shape index (κ2) is 7.98. The first-order chi connectivity index (χ1) is 13.1. The number of rotatable bonds is 7. The quantitative estimate of drug-likeness (QED) is 0.783. The van der Waals surface area contributed by atoms with E-state index in [1.807, 2.05) is 28.8 Å². The summed E-state index contributed by atoms with van der Waals surface area (Å²) in [5, 5.41) is 13.2. The molecule has 27 heavy (non-hydrogen) atoms. The molecule has 146 valence electrons. The number of hydrogen-bond acceptors (Lipinski definition) is 4. The lowest BCUT2D eigenvalue weighted by Gasteiger charge is -2.31. The summed E-state index contributed by atoms with van der Waals surface area (Å²) in [5.74, 6) is 2.22. The minimum Gasteiger partial charge on any atom is -0.390 e. The fraction of sp³-hybridized carbons (Fsp3) is 0.619. The molecule has 2 aliphatic rings. The molecule has 1 saturated heterocycles. The molecule has 1 amide bonds. The largest absolute Gasteiger partial charge is 0.390 e. The summed E-state index contributed by atoms with van der Waals surface area (Å²) in [7, 11) is 0. The molecule has 2 aromatic rings. The number of nitrogens with zero attached hydrogens (tertiary/aromatic N) is 3. The monoisotopic (exact) mass is 370 g/mol. The van der Waals surface area contributed by atoms with Crippen LogP contribution in [0.3, 0.4) is 0 Å². The summed E-state index contributed by atoms with van der Waals surface area (Å²) in [6.07, 6.45) is 4.16. The Kier molecular flexibility index (Phi) is 5.45. The first-order valence-electron chi connectivity index (χ1n) is 10.2. The second-order valence-electron chi connectivity index (χ2n) is 8.26. The van der Waals surface area contributed by atoms with E-state index in [1.54, 1.807) is 0 Å². The number of β-amino-alcohol motifs (C(OH)–C–C–N with tert-alkyl or cyclic N) is 1. The molecule has 1 aliphatic heterocycles. The molecule has 2 heterocycles. The van der Waals surface area contributed by atoms with Gasteiger partial charge in [-0.15, -0.1) is 0 Å². The number of aromatic nitrogens is 2. The minimum atomic E-state index is -0.523. The number of likely N-dealkylation sites (tertiary alicyclic amines) is 1. The predicted molar refractivity (Wildman–Crippen MR) is 106 cm³/mol. The van der Waals surface area contributed by atoms with Gasteiger partial charge in [0.15, 0.2) is 0 Å². The average Bonchev–Trinajstić information content (AvgIpc) is 3.45. The van der Waals surface area contributed by atoms with Crippen molar-refractivity contribution < 1.29 is 9.90 Å². The Morgan fingerprint density at radius 3 is 2.74 bits per heavy atom. The van der Waals surface area contributed by atoms with E-state index in [2.05, 4.69) is 17.1 Å². The molecule has 2 fully saturated rings. The van der Waals surface area contributed by atoms with E-state index in [1.165, 1.54) is 12.8 Å². The third-order valence-corrected chi connectivity index (χ3v) is 5.81. The topological polar surface area (TPSA) is 70.4 Å². The van der Waals surface area contributed by atoms with E-state index in [4.69, 9.17) is 4.98 Å². The Hall–Kier alpha value is -1.92. The van der Waals surface area contributed by atoms with Crippen LogP contribution < -0.4 is 5.32 Å². The van der Waals surface area contributed by atoms with Crippen LogP contribution in [-0.2, 0) is 11.3 Å². The van der Waals surface area contributed by atoms with Gasteiger partial charge in [0.25, 0.3) is 0 Å². The van der Waals surface area contributed by atoms with Gasteiger partial charge in [-0.2, -0.15) is 0 Å². The van der Waals surface area contributed by atoms with Crippen molar-refractivity contribution in [2.75, 3.05) is 26.2 Å². The van der Waals surface area contributed by atoms with E-state index in [-0.39, 0.29) is 12.5 Å². The standard InChI is InChI=1S/C21H30N4O2/c1-15-8-10-24(11-9-15)13-17(26)12-22-20(27)14-25-19-5-3-2-4-18(19)23-21(25)16-6-7-16/h2-5,15-17,26H,6-14H2,1H3,(H,22,27). The van der Waals surface area contributed by atoms with Crippen molar-refractivity contribution in [3.63, 3.8) is 0 Å². The normalized spacial score (nSPS) is 20.1. The van der Waals surface area contributed by atoms with E-state index >= 15 is 0 Å². The van der Waals surface area contributed by atoms with Crippen molar-refractivity contribution in [1.82, 2.24) is 19.8 Å². The van der Waals surface area contributed by atoms with Gasteiger partial charge in [-0.1, -0.05) is 19.1 Å². The number of aliphatic hydroxyl groups is 1. The molecule has 0 spiro atoms. The summed E-state index contributed by atoms with van der Waals surface area (Å²) in [6.45, 7) is 5.56. The molecule has 1 saturated carbocycles. The molecule has 1 aromatic heterocycles. The fourth-order valence-electron chi connectivity index (χ4n) is 3.95. The third kappa shape index (κ3) is 4.50. The van der Waals surface area contributed by atoms with Gasteiger partial charge >= 0.3 is 0 Å². The highest BCUT2D eigenvalue weighted by Gasteiger charge is 2.30. The fourth-order valence-corrected chi connectivity index (χ4v) is 3.95. The molecule has 1 aromatic carbocycles. The first kappa shape index (κ1) is 18.4. The van der Waals surface area contributed by atoms with Crippen molar-refractivity contribution in [1.29, 1.82) is 0 Å². The van der Waals surface area contributed by atoms with Gasteiger partial charge in [0.2, 0.25) is 5.91 Å². The maximum atomic E-state index is 12.5. The SMILES string of the molecule is CC1CCN(CC(O)CNC(=O)Cn2c(C3CC3)nc3ccccc32)CC1. The van der Waals surface area contributed by atoms with Crippen LogP contribution in [0.1, 0.15) is 44.3 Å². The van der Waals surface area contributed by atoms with Gasteiger partial charge < -0.3 is 19.9 Å². The van der Waals surface area contributed by atoms with E-state index < -0.39 is 6.10 Å². The summed E-state index contributed by atoms with van der Waals surface area (Å²) in [5.41, 5.74) is 1.96. The highest BCUT2D eigenvalue weighted by molar-refractivity contribution is 5.81. The summed E-state index contributed by atoms with van der Waals surface area (Å²) < 4.78 is 2.04. The molecule has 4 rings (SSSR count). The number of piperidine rings is 1. The van der Waals surface area contributed by atoms with Crippen LogP contribution in [0, 0.1) is 5.92 Å². The number of aliphatic hydroxyl groups excluding tert-OH is 1. The average molecular weight is 370 g/mol. The van der Waals surface area contributed by atoms with Gasteiger partial charge in [0, 0.05) is 19.0 Å². The lowest BCUT2D eigenvalue weighted by atomic mass is 9.99. The molecule has 2 N–H and O–H groups in total. The summed E-state index contributed by atoms with van der Waals surface area (Å²) in [6, 6.07) is 7.99. The molecule has 6 nitrogen and oxygen atoms in total. The summed E-state index contributed by atoms with van der Waals surface area (Å²) in [4.78, 5) is 19.5. The highest BCUT2D eigenvalue weighted by Crippen LogP contribution is 2.40. The zero-order valence-electron chi connectivity index (χ0n) is 16.1. The van der Waals surface area contributed by atoms with Crippen LogP contribution in [0.15, 0.2) is 24.3 Å². The Labute approximate surface area is 160 Å². The Bertz CT molecular complexity index is 791. The van der Waals surface area contributed by atoms with Gasteiger partial charge in [-0.3, -0.25) is 4.79 Å². The first-order valence-corrected chi connectivity index (χ1v) is 10.2. The number of carbonyl (C=O) groups is 1. The Morgan fingerprint density at radius 2 is 2.00 bits per heavy atom. The molecule has 1 aliphatic carbocycles. The molecule has 1 atom stereocenters. The Morgan fingerprint density at radius 1 is 1.26 bits per heavy atom. The highest BCUT2D eigenvalue weighted by atomic mass is 16.3. The lowest BCUT2D eigenvalue weighted by Crippen LogP contribution is -2.43. The van der Waals surface area contributed by atoms with Gasteiger partial charge in [0.1, 0.15) is 12.4 Å². The van der Waals surface area contributed by atoms with Crippen LogP contribution >= 0.6 is 0 Å². The van der Waals surface area contributed by atoms with Crippen LogP contribution in [0.2, 0.25) is 0 Å². The van der Waals surface area contributed by atoms with Crippen LogP contribution in [0.4, 0.5) is 0 Å². The summed E-state index contributed by atoms with van der Waals surface area (Å²) >= 11 is 0. The number of hydrogen-bond donors (Lipinski definition) is 2. The van der Waals surface area contributed by atoms with Crippen LogP contribution in [-0.4, -0.2) is 57.7 Å². The molecule has 1 unspecified atom stereocenters. The van der Waals surface area contributed by atoms with Crippen molar-refractivity contribution in [3.05, 3.63) is 30.1 Å². The smallest absolute Gasteiger partial charge is 0.240 e. The van der Waals surface area contributed by atoms with E-state index in [0.29, 0.717) is 19.0 Å². The molecule has 6 heteroatoms. The maximum Gasteiger partial charge on any atom is 0.240 e. The van der Waals surface area contributed by atoms with Crippen molar-refractivity contribution in [2.45, 2.75) is 51.2 Å². The zero-order valence-corrected chi connectivity index (χ0v) is 16.1. The van der Waals surface area contributed by atoms with Crippen molar-refractivity contribution >= 4 is 16.9 Å². The van der Waals surface area contributed by atoms with Gasteiger partial charge in [0.05, 0.1) is 17.1 Å².